The Hall–Kier alpha value is -4.41. The molecule has 2 amide bonds. The van der Waals surface area contributed by atoms with E-state index >= 15 is 0 Å². The van der Waals surface area contributed by atoms with Crippen molar-refractivity contribution in [2.75, 3.05) is 19.0 Å². The van der Waals surface area contributed by atoms with E-state index in [9.17, 15) is 9.59 Å². The van der Waals surface area contributed by atoms with Crippen LogP contribution < -0.4 is 21.1 Å². The maximum atomic E-state index is 12.3. The van der Waals surface area contributed by atoms with E-state index in [0.29, 0.717) is 54.5 Å². The van der Waals surface area contributed by atoms with Gasteiger partial charge in [0.2, 0.25) is 11.9 Å². The average molecular weight is 520 g/mol. The summed E-state index contributed by atoms with van der Waals surface area (Å²) in [4.78, 5) is 33.6. The van der Waals surface area contributed by atoms with Crippen LogP contribution in [0.5, 0.6) is 5.75 Å². The summed E-state index contributed by atoms with van der Waals surface area (Å²) in [5.74, 6) is 1.03. The van der Waals surface area contributed by atoms with Crippen molar-refractivity contribution in [1.29, 1.82) is 0 Å². The van der Waals surface area contributed by atoms with Gasteiger partial charge in [0.05, 0.1) is 12.6 Å². The number of aromatic nitrogens is 4. The Morgan fingerprint density at radius 1 is 1.08 bits per heavy atom. The van der Waals surface area contributed by atoms with Crippen LogP contribution in [0.4, 0.5) is 10.7 Å². The number of benzene rings is 2. The van der Waals surface area contributed by atoms with E-state index in [-0.39, 0.29) is 0 Å². The highest BCUT2D eigenvalue weighted by atomic mass is 16.6. The van der Waals surface area contributed by atoms with Gasteiger partial charge in [-0.15, -0.1) is 5.10 Å². The monoisotopic (exact) mass is 519 g/mol. The highest BCUT2D eigenvalue weighted by Crippen LogP contribution is 2.26. The minimum Gasteiger partial charge on any atom is -0.497 e. The van der Waals surface area contributed by atoms with Gasteiger partial charge in [0.1, 0.15) is 17.4 Å². The van der Waals surface area contributed by atoms with Gasteiger partial charge >= 0.3 is 6.09 Å². The maximum Gasteiger partial charge on any atom is 0.407 e. The van der Waals surface area contributed by atoms with Gasteiger partial charge in [-0.3, -0.25) is 4.79 Å². The number of anilines is 1. The number of fused-ring (bicyclic) bond motifs is 3. The van der Waals surface area contributed by atoms with E-state index in [1.165, 1.54) is 0 Å². The predicted molar refractivity (Wildman–Crippen MR) is 145 cm³/mol. The molecule has 2 aromatic carbocycles. The fraction of sp³-hybridized carbons (Fsp3) is 0.370. The summed E-state index contributed by atoms with van der Waals surface area (Å²) in [7, 11) is 1.60. The van der Waals surface area contributed by atoms with Gasteiger partial charge in [-0.1, -0.05) is 24.3 Å². The van der Waals surface area contributed by atoms with Crippen molar-refractivity contribution in [3.63, 3.8) is 0 Å². The first-order valence-electron chi connectivity index (χ1n) is 12.5. The van der Waals surface area contributed by atoms with Gasteiger partial charge in [-0.25, -0.2) is 14.8 Å². The van der Waals surface area contributed by atoms with Crippen molar-refractivity contribution in [1.82, 2.24) is 24.9 Å². The molecule has 0 unspecified atom stereocenters. The molecule has 200 valence electrons. The lowest BCUT2D eigenvalue weighted by Crippen LogP contribution is -2.37. The molecule has 0 saturated heterocycles. The van der Waals surface area contributed by atoms with Gasteiger partial charge in [0.25, 0.3) is 0 Å². The number of nitrogens with one attached hydrogen (secondary N) is 2. The molecule has 2 aromatic heterocycles. The lowest BCUT2D eigenvalue weighted by atomic mass is 10.1. The fourth-order valence-corrected chi connectivity index (χ4v) is 3.95. The van der Waals surface area contributed by atoms with Crippen LogP contribution >= 0.6 is 0 Å². The molecule has 0 saturated carbocycles. The third-order valence-corrected chi connectivity index (χ3v) is 5.74. The van der Waals surface area contributed by atoms with Crippen LogP contribution in [0.15, 0.2) is 48.5 Å². The van der Waals surface area contributed by atoms with Crippen LogP contribution in [0.2, 0.25) is 0 Å². The summed E-state index contributed by atoms with van der Waals surface area (Å²) < 4.78 is 12.2. The molecule has 0 fully saturated rings. The second-order valence-electron chi connectivity index (χ2n) is 9.88. The number of para-hydroxylation sites is 1. The molecule has 4 rings (SSSR count). The van der Waals surface area contributed by atoms with Crippen molar-refractivity contribution < 1.29 is 19.1 Å². The first-order chi connectivity index (χ1) is 18.1. The molecule has 0 aliphatic rings. The summed E-state index contributed by atoms with van der Waals surface area (Å²) in [5.41, 5.74) is 7.25. The van der Waals surface area contributed by atoms with Crippen LogP contribution in [0.1, 0.15) is 40.0 Å². The molecule has 2 heterocycles. The van der Waals surface area contributed by atoms with Gasteiger partial charge in [-0.05, 0) is 64.3 Å². The highest BCUT2D eigenvalue weighted by Gasteiger charge is 2.21. The molecule has 0 aliphatic carbocycles. The van der Waals surface area contributed by atoms with Gasteiger partial charge < -0.3 is 25.8 Å². The second-order valence-corrected chi connectivity index (χ2v) is 9.88. The maximum absolute atomic E-state index is 12.3. The quantitative estimate of drug-likeness (QED) is 0.267. The third-order valence-electron chi connectivity index (χ3n) is 5.74. The Morgan fingerprint density at radius 3 is 2.61 bits per heavy atom. The number of primary amides is 1. The van der Waals surface area contributed by atoms with Crippen LogP contribution in [0.25, 0.3) is 27.9 Å². The van der Waals surface area contributed by atoms with Crippen LogP contribution in [-0.4, -0.2) is 56.9 Å². The number of carbonyl (C=O) groups is 2. The summed E-state index contributed by atoms with van der Waals surface area (Å²) >= 11 is 0. The Labute approximate surface area is 220 Å². The van der Waals surface area contributed by atoms with E-state index in [2.05, 4.69) is 10.6 Å². The predicted octanol–water partition coefficient (Wildman–Crippen LogP) is 3.91. The zero-order valence-electron chi connectivity index (χ0n) is 22.0. The van der Waals surface area contributed by atoms with Crippen molar-refractivity contribution in [2.45, 2.75) is 51.7 Å². The van der Waals surface area contributed by atoms with E-state index in [1.54, 1.807) is 11.6 Å². The topological polar surface area (TPSA) is 146 Å². The lowest BCUT2D eigenvalue weighted by Gasteiger charge is -2.20. The molecule has 1 atom stereocenters. The molecule has 4 aromatic rings. The molecule has 11 nitrogen and oxygen atoms in total. The molecular formula is C27H33N7O4. The smallest absolute Gasteiger partial charge is 0.407 e. The van der Waals surface area contributed by atoms with E-state index in [4.69, 9.17) is 30.3 Å². The molecule has 0 spiro atoms. The number of ether oxygens (including phenoxy) is 2. The van der Waals surface area contributed by atoms with Crippen molar-refractivity contribution in [2.24, 2.45) is 5.73 Å². The molecule has 38 heavy (non-hydrogen) atoms. The largest absolute Gasteiger partial charge is 0.497 e. The van der Waals surface area contributed by atoms with Crippen molar-refractivity contribution in [3.05, 3.63) is 48.5 Å². The Balaban J connectivity index is 1.54. The minimum atomic E-state index is -0.696. The number of carbonyl (C=O) groups excluding carboxylic acids is 2. The molecule has 11 heteroatoms. The van der Waals surface area contributed by atoms with Crippen LogP contribution in [0, 0.1) is 0 Å². The Kier molecular flexibility index (Phi) is 7.94. The summed E-state index contributed by atoms with van der Waals surface area (Å²) in [6.07, 6.45) is 1.26. The molecule has 0 bridgehead atoms. The van der Waals surface area contributed by atoms with Crippen molar-refractivity contribution in [3.8, 4) is 17.1 Å². The zero-order valence-corrected chi connectivity index (χ0v) is 22.0. The highest BCUT2D eigenvalue weighted by molar-refractivity contribution is 5.93. The average Bonchev–Trinajstić information content (AvgIpc) is 3.33. The Morgan fingerprint density at radius 2 is 1.87 bits per heavy atom. The number of nitrogens with zero attached hydrogens (tertiary/aromatic N) is 4. The van der Waals surface area contributed by atoms with Gasteiger partial charge in [-0.2, -0.15) is 4.52 Å². The zero-order chi connectivity index (χ0) is 27.3. The normalized spacial score (nSPS) is 12.3. The Bertz CT molecular complexity index is 1440. The van der Waals surface area contributed by atoms with Crippen LogP contribution in [0.3, 0.4) is 0 Å². The minimum absolute atomic E-state index is 0.357. The van der Waals surface area contributed by atoms with E-state index in [1.807, 2.05) is 69.3 Å². The SMILES string of the molecule is COc1cccc(-c2nc3c4ccccc4nc(N[C@@H](CCCCNC(=O)OC(C)(C)C)C(N)=O)n3n2)c1. The lowest BCUT2D eigenvalue weighted by molar-refractivity contribution is -0.118. The fourth-order valence-electron chi connectivity index (χ4n) is 3.95. The molecule has 0 aliphatic heterocycles. The van der Waals surface area contributed by atoms with Crippen molar-refractivity contribution >= 4 is 34.5 Å². The number of unbranched alkanes of at least 4 members (excludes halogenated alkanes) is 1. The van der Waals surface area contributed by atoms with Gasteiger partial charge in [0, 0.05) is 17.5 Å². The standard InChI is InChI=1S/C27H33N7O4/c1-27(2,3)38-26(36)29-15-8-7-14-21(22(28)35)31-25-30-20-13-6-5-12-19(20)24-32-23(33-34(24)25)17-10-9-11-18(16-17)37-4/h5-6,9-13,16,21H,7-8,14-15H2,1-4H3,(H2,28,35)(H,29,36)(H,30,31)/t21-/m0/s1. The van der Waals surface area contributed by atoms with E-state index in [0.717, 1.165) is 10.9 Å². The second kappa shape index (κ2) is 11.3. The number of rotatable bonds is 10. The third kappa shape index (κ3) is 6.47. The number of methoxy groups -OCH3 is 1. The van der Waals surface area contributed by atoms with Gasteiger partial charge in [0.15, 0.2) is 11.5 Å². The number of nitrogens with two attached hydrogens (primary N) is 1. The van der Waals surface area contributed by atoms with E-state index < -0.39 is 23.6 Å². The van der Waals surface area contributed by atoms with Crippen LogP contribution in [-0.2, 0) is 9.53 Å². The summed E-state index contributed by atoms with van der Waals surface area (Å²) in [6.45, 7) is 5.85. The number of amides is 2. The number of alkyl carbamates (subject to hydrolysis) is 1. The molecule has 4 N–H and O–H groups in total. The first-order valence-corrected chi connectivity index (χ1v) is 12.5. The number of hydrogen-bond donors (Lipinski definition) is 3. The number of hydrogen-bond acceptors (Lipinski definition) is 8. The summed E-state index contributed by atoms with van der Waals surface area (Å²) in [6, 6.07) is 14.4. The first kappa shape index (κ1) is 26.6. The molecule has 0 radical (unpaired) electrons. The summed E-state index contributed by atoms with van der Waals surface area (Å²) in [5, 5.41) is 11.4. The molecular weight excluding hydrogens is 486 g/mol.